The number of aryl methyl sites for hydroxylation is 1. The van der Waals surface area contributed by atoms with Crippen LogP contribution in [-0.4, -0.2) is 28.0 Å². The van der Waals surface area contributed by atoms with E-state index in [0.717, 1.165) is 11.3 Å². The van der Waals surface area contributed by atoms with Crippen LogP contribution in [0.25, 0.3) is 0 Å². The summed E-state index contributed by atoms with van der Waals surface area (Å²) in [7, 11) is 0. The van der Waals surface area contributed by atoms with Crippen molar-refractivity contribution in [1.29, 1.82) is 0 Å². The number of thioether (sulfide) groups is 1. The Labute approximate surface area is 130 Å². The van der Waals surface area contributed by atoms with Crippen molar-refractivity contribution in [3.63, 3.8) is 0 Å². The van der Waals surface area contributed by atoms with Crippen molar-refractivity contribution in [2.75, 3.05) is 11.1 Å². The number of hydrogen-bond donors (Lipinski definition) is 2. The number of nitrogens with one attached hydrogen (secondary N) is 1. The minimum Gasteiger partial charge on any atom is -0.480 e. The van der Waals surface area contributed by atoms with Gasteiger partial charge in [-0.25, -0.2) is 0 Å². The molecule has 1 rings (SSSR count). The number of rotatable bonds is 8. The van der Waals surface area contributed by atoms with Gasteiger partial charge in [-0.2, -0.15) is 0 Å². The molecule has 116 valence electrons. The summed E-state index contributed by atoms with van der Waals surface area (Å²) in [5, 5.41) is 11.5. The zero-order chi connectivity index (χ0) is 15.8. The van der Waals surface area contributed by atoms with E-state index in [2.05, 4.69) is 5.32 Å². The lowest BCUT2D eigenvalue weighted by Crippen LogP contribution is -2.23. The van der Waals surface area contributed by atoms with Crippen LogP contribution in [0.1, 0.15) is 32.3 Å². The first-order valence-corrected chi connectivity index (χ1v) is 8.16. The number of carbonyl (C=O) groups is 2. The molecular weight excluding hydrogens is 286 g/mol. The highest BCUT2D eigenvalue weighted by Gasteiger charge is 2.21. The van der Waals surface area contributed by atoms with Gasteiger partial charge in [-0.05, 0) is 42.7 Å². The fraction of sp³-hybridized carbons (Fsp3) is 0.500. The van der Waals surface area contributed by atoms with Crippen LogP contribution in [0.4, 0.5) is 5.69 Å². The van der Waals surface area contributed by atoms with Crippen LogP contribution in [0.2, 0.25) is 0 Å². The predicted molar refractivity (Wildman–Crippen MR) is 87.8 cm³/mol. The number of benzene rings is 1. The van der Waals surface area contributed by atoms with Gasteiger partial charge in [0.1, 0.15) is 5.25 Å². The molecule has 5 heteroatoms. The van der Waals surface area contributed by atoms with Crippen LogP contribution in [0.3, 0.4) is 0 Å². The molecule has 0 bridgehead atoms. The van der Waals surface area contributed by atoms with Gasteiger partial charge in [0.25, 0.3) is 0 Å². The molecule has 0 radical (unpaired) electrons. The van der Waals surface area contributed by atoms with Gasteiger partial charge in [-0.3, -0.25) is 9.59 Å². The Morgan fingerprint density at radius 1 is 1.33 bits per heavy atom. The number of anilines is 1. The van der Waals surface area contributed by atoms with E-state index in [9.17, 15) is 9.59 Å². The Morgan fingerprint density at radius 2 is 2.05 bits per heavy atom. The van der Waals surface area contributed by atoms with Crippen molar-refractivity contribution in [3.8, 4) is 0 Å². The van der Waals surface area contributed by atoms with E-state index < -0.39 is 11.2 Å². The van der Waals surface area contributed by atoms with E-state index in [0.29, 0.717) is 18.6 Å². The number of carboxylic acid groups (broad SMARTS) is 1. The summed E-state index contributed by atoms with van der Waals surface area (Å²) >= 11 is 1.41. The van der Waals surface area contributed by atoms with Gasteiger partial charge in [0.15, 0.2) is 0 Å². The molecule has 0 aliphatic carbocycles. The van der Waals surface area contributed by atoms with Crippen molar-refractivity contribution in [1.82, 2.24) is 0 Å². The van der Waals surface area contributed by atoms with Crippen molar-refractivity contribution in [2.24, 2.45) is 5.92 Å². The lowest BCUT2D eigenvalue weighted by molar-refractivity contribution is -0.137. The molecule has 1 amide bonds. The van der Waals surface area contributed by atoms with Gasteiger partial charge in [-0.1, -0.05) is 26.0 Å². The summed E-state index contributed by atoms with van der Waals surface area (Å²) in [4.78, 5) is 22.8. The maximum absolute atomic E-state index is 11.8. The molecule has 0 aliphatic heterocycles. The summed E-state index contributed by atoms with van der Waals surface area (Å²) in [5.41, 5.74) is 1.91. The maximum atomic E-state index is 11.8. The van der Waals surface area contributed by atoms with Gasteiger partial charge >= 0.3 is 5.97 Å². The maximum Gasteiger partial charge on any atom is 0.316 e. The Kier molecular flexibility index (Phi) is 7.29. The van der Waals surface area contributed by atoms with Crippen LogP contribution < -0.4 is 5.32 Å². The molecule has 4 nitrogen and oxygen atoms in total. The standard InChI is InChI=1S/C16H23NO3S/c1-11(2)15(16(19)20)21-9-5-8-14(18)17-13-7-4-6-12(3)10-13/h4,6-7,10-11,15H,5,8-9H2,1-3H3,(H,17,18)(H,19,20). The van der Waals surface area contributed by atoms with Crippen molar-refractivity contribution in [2.45, 2.75) is 38.9 Å². The first-order chi connectivity index (χ1) is 9.90. The highest BCUT2D eigenvalue weighted by atomic mass is 32.2. The molecule has 2 N–H and O–H groups in total. The quantitative estimate of drug-likeness (QED) is 0.721. The molecule has 0 heterocycles. The second kappa shape index (κ2) is 8.72. The van der Waals surface area contributed by atoms with E-state index >= 15 is 0 Å². The zero-order valence-electron chi connectivity index (χ0n) is 12.8. The smallest absolute Gasteiger partial charge is 0.316 e. The third kappa shape index (κ3) is 6.67. The van der Waals surface area contributed by atoms with Crippen LogP contribution in [0.15, 0.2) is 24.3 Å². The third-order valence-electron chi connectivity index (χ3n) is 3.00. The largest absolute Gasteiger partial charge is 0.480 e. The predicted octanol–water partition coefficient (Wildman–Crippen LogP) is 3.56. The van der Waals surface area contributed by atoms with E-state index in [1.807, 2.05) is 45.0 Å². The fourth-order valence-electron chi connectivity index (χ4n) is 1.94. The monoisotopic (exact) mass is 309 g/mol. The number of amides is 1. The highest BCUT2D eigenvalue weighted by molar-refractivity contribution is 8.00. The lowest BCUT2D eigenvalue weighted by atomic mass is 10.1. The SMILES string of the molecule is Cc1cccc(NC(=O)CCCSC(C(=O)O)C(C)C)c1. The van der Waals surface area contributed by atoms with Gasteiger partial charge in [0.2, 0.25) is 5.91 Å². The molecular formula is C16H23NO3S. The Morgan fingerprint density at radius 3 is 2.62 bits per heavy atom. The zero-order valence-corrected chi connectivity index (χ0v) is 13.6. The molecule has 1 aromatic rings. The second-order valence-electron chi connectivity index (χ2n) is 5.39. The number of carboxylic acids is 1. The summed E-state index contributed by atoms with van der Waals surface area (Å²) < 4.78 is 0. The van der Waals surface area contributed by atoms with Crippen LogP contribution >= 0.6 is 11.8 Å². The molecule has 0 saturated heterocycles. The topological polar surface area (TPSA) is 66.4 Å². The molecule has 21 heavy (non-hydrogen) atoms. The highest BCUT2D eigenvalue weighted by Crippen LogP contribution is 2.21. The molecule has 0 fully saturated rings. The number of carbonyl (C=O) groups excluding carboxylic acids is 1. The summed E-state index contributed by atoms with van der Waals surface area (Å²) in [6.45, 7) is 5.77. The van der Waals surface area contributed by atoms with E-state index in [1.54, 1.807) is 0 Å². The minimum absolute atomic E-state index is 0.0300. The summed E-state index contributed by atoms with van der Waals surface area (Å²) in [6, 6.07) is 7.66. The van der Waals surface area contributed by atoms with Crippen LogP contribution in [-0.2, 0) is 9.59 Å². The molecule has 1 unspecified atom stereocenters. The third-order valence-corrected chi connectivity index (χ3v) is 4.63. The number of aliphatic carboxylic acids is 1. The van der Waals surface area contributed by atoms with E-state index in [-0.39, 0.29) is 11.8 Å². The normalized spacial score (nSPS) is 12.2. The Bertz CT molecular complexity index is 488. The van der Waals surface area contributed by atoms with Gasteiger partial charge in [0.05, 0.1) is 0 Å². The minimum atomic E-state index is -0.779. The Hall–Kier alpha value is -1.49. The first-order valence-electron chi connectivity index (χ1n) is 7.11. The van der Waals surface area contributed by atoms with Crippen molar-refractivity contribution < 1.29 is 14.7 Å². The summed E-state index contributed by atoms with van der Waals surface area (Å²) in [6.07, 6.45) is 1.09. The van der Waals surface area contributed by atoms with Gasteiger partial charge in [-0.15, -0.1) is 11.8 Å². The Balaban J connectivity index is 2.29. The average molecular weight is 309 g/mol. The second-order valence-corrected chi connectivity index (χ2v) is 6.64. The molecule has 0 saturated carbocycles. The molecule has 0 aliphatic rings. The molecule has 1 atom stereocenters. The summed E-state index contributed by atoms with van der Waals surface area (Å²) in [5.74, 6) is -0.0402. The van der Waals surface area contributed by atoms with Crippen molar-refractivity contribution >= 4 is 29.3 Å². The fourth-order valence-corrected chi connectivity index (χ4v) is 3.03. The first kappa shape index (κ1) is 17.6. The van der Waals surface area contributed by atoms with Crippen molar-refractivity contribution in [3.05, 3.63) is 29.8 Å². The van der Waals surface area contributed by atoms with Crippen LogP contribution in [0, 0.1) is 12.8 Å². The van der Waals surface area contributed by atoms with Crippen LogP contribution in [0.5, 0.6) is 0 Å². The van der Waals surface area contributed by atoms with Gasteiger partial charge < -0.3 is 10.4 Å². The lowest BCUT2D eigenvalue weighted by Gasteiger charge is -2.15. The molecule has 1 aromatic carbocycles. The van der Waals surface area contributed by atoms with E-state index in [4.69, 9.17) is 5.11 Å². The molecule has 0 spiro atoms. The van der Waals surface area contributed by atoms with Gasteiger partial charge in [0, 0.05) is 12.1 Å². The average Bonchev–Trinajstić information content (AvgIpc) is 2.37. The molecule has 0 aromatic heterocycles. The number of hydrogen-bond acceptors (Lipinski definition) is 3. The van der Waals surface area contributed by atoms with E-state index in [1.165, 1.54) is 11.8 Å².